The third kappa shape index (κ3) is 7.60. The van der Waals surface area contributed by atoms with Crippen molar-refractivity contribution >= 4 is 21.6 Å². The summed E-state index contributed by atoms with van der Waals surface area (Å²) in [6.07, 6.45) is 4.87. The molecule has 1 saturated heterocycles. The summed E-state index contributed by atoms with van der Waals surface area (Å²) in [4.78, 5) is 23.2. The third-order valence-electron chi connectivity index (χ3n) is 6.53. The summed E-state index contributed by atoms with van der Waals surface area (Å²) in [5, 5.41) is 4.69. The lowest BCUT2D eigenvalue weighted by atomic mass is 10.3. The van der Waals surface area contributed by atoms with Crippen molar-refractivity contribution in [2.24, 2.45) is 0 Å². The first-order valence-electron chi connectivity index (χ1n) is 12.5. The second-order valence-corrected chi connectivity index (χ2v) is 10.8. The molecule has 2 heterocycles. The minimum Gasteiger partial charge on any atom is -0.334 e. The van der Waals surface area contributed by atoms with Crippen molar-refractivity contribution in [2.45, 2.75) is 30.7 Å². The normalized spacial score (nSPS) is 16.0. The Morgan fingerprint density at radius 1 is 1.14 bits per heavy atom. The minimum atomic E-state index is -3.65. The van der Waals surface area contributed by atoms with E-state index in [2.05, 4.69) is 45.8 Å². The number of benzene rings is 1. The molecular formula is C26H38N6O3S. The Labute approximate surface area is 215 Å². The Bertz CT molecular complexity index is 1070. The van der Waals surface area contributed by atoms with Crippen LogP contribution in [0.25, 0.3) is 0 Å². The van der Waals surface area contributed by atoms with Gasteiger partial charge in [-0.15, -0.1) is 6.58 Å². The topological polar surface area (TPSA) is 97.9 Å². The fraction of sp³-hybridized carbons (Fsp3) is 0.462. The monoisotopic (exact) mass is 514 g/mol. The lowest BCUT2D eigenvalue weighted by molar-refractivity contribution is 0.120. The third-order valence-corrected chi connectivity index (χ3v) is 8.59. The number of nitrogens with zero attached hydrogens (tertiary/aromatic N) is 4. The van der Waals surface area contributed by atoms with Gasteiger partial charge in [0.2, 0.25) is 0 Å². The summed E-state index contributed by atoms with van der Waals surface area (Å²) in [5.74, 6) is 0. The highest BCUT2D eigenvalue weighted by Crippen LogP contribution is 2.23. The standard InChI is InChI=1S/C26H38N6O3S/c1-4-25(32-18-16-31(17-19-32)15-14-30(5-2)6-3)36(34,35)24-11-9-23(10-12-24)29-26(33)28-21-22-8-7-13-27-20-22/h4,7-13,20,25H,1,5-6,14-19,21H2,2-3H3,(H2,28,29,33). The number of nitrogens with one attached hydrogen (secondary N) is 2. The molecule has 1 aliphatic rings. The fourth-order valence-electron chi connectivity index (χ4n) is 4.26. The van der Waals surface area contributed by atoms with Crippen molar-refractivity contribution in [1.82, 2.24) is 25.0 Å². The summed E-state index contributed by atoms with van der Waals surface area (Å²) in [6.45, 7) is 15.6. The van der Waals surface area contributed by atoms with Gasteiger partial charge >= 0.3 is 6.03 Å². The van der Waals surface area contributed by atoms with Crippen molar-refractivity contribution in [3.63, 3.8) is 0 Å². The van der Waals surface area contributed by atoms with E-state index in [1.54, 1.807) is 30.6 Å². The number of pyridine rings is 1. The number of urea groups is 1. The van der Waals surface area contributed by atoms with E-state index in [0.717, 1.165) is 44.8 Å². The number of hydrogen-bond acceptors (Lipinski definition) is 7. The molecule has 196 valence electrons. The molecular weight excluding hydrogens is 476 g/mol. The quantitative estimate of drug-likeness (QED) is 0.420. The molecule has 1 unspecified atom stereocenters. The Kier molecular flexibility index (Phi) is 10.4. The molecule has 10 heteroatoms. The molecule has 1 aliphatic heterocycles. The van der Waals surface area contributed by atoms with Gasteiger partial charge in [-0.1, -0.05) is 26.0 Å². The van der Waals surface area contributed by atoms with Gasteiger partial charge in [0.25, 0.3) is 0 Å². The molecule has 0 aliphatic carbocycles. The van der Waals surface area contributed by atoms with E-state index < -0.39 is 15.2 Å². The Hall–Kier alpha value is -2.79. The van der Waals surface area contributed by atoms with Crippen LogP contribution in [0.3, 0.4) is 0 Å². The Morgan fingerprint density at radius 3 is 2.42 bits per heavy atom. The minimum absolute atomic E-state index is 0.206. The molecule has 1 atom stereocenters. The predicted molar refractivity (Wildman–Crippen MR) is 144 cm³/mol. The summed E-state index contributed by atoms with van der Waals surface area (Å²) in [5.41, 5.74) is 1.39. The lowest BCUT2D eigenvalue weighted by Crippen LogP contribution is -2.53. The molecule has 2 aromatic rings. The van der Waals surface area contributed by atoms with E-state index in [1.165, 1.54) is 18.2 Å². The number of hydrogen-bond donors (Lipinski definition) is 2. The lowest BCUT2D eigenvalue weighted by Gasteiger charge is -2.38. The van der Waals surface area contributed by atoms with E-state index in [9.17, 15) is 13.2 Å². The molecule has 0 saturated carbocycles. The number of carbonyl (C=O) groups excluding carboxylic acids is 1. The van der Waals surface area contributed by atoms with E-state index in [-0.39, 0.29) is 10.9 Å². The van der Waals surface area contributed by atoms with Crippen LogP contribution >= 0.6 is 0 Å². The number of rotatable bonds is 12. The number of anilines is 1. The van der Waals surface area contributed by atoms with Gasteiger partial charge in [-0.05, 0) is 49.0 Å². The summed E-state index contributed by atoms with van der Waals surface area (Å²) in [7, 11) is -3.65. The fourth-order valence-corrected chi connectivity index (χ4v) is 5.91. The second-order valence-electron chi connectivity index (χ2n) is 8.77. The highest BCUT2D eigenvalue weighted by molar-refractivity contribution is 7.92. The van der Waals surface area contributed by atoms with Crippen LogP contribution in [0.5, 0.6) is 0 Å². The van der Waals surface area contributed by atoms with Crippen molar-refractivity contribution in [1.29, 1.82) is 0 Å². The SMILES string of the molecule is C=CC(N1CCN(CCN(CC)CC)CC1)S(=O)(=O)c1ccc(NC(=O)NCc2cccnc2)cc1. The molecule has 3 rings (SSSR count). The molecule has 36 heavy (non-hydrogen) atoms. The van der Waals surface area contributed by atoms with Crippen molar-refractivity contribution < 1.29 is 13.2 Å². The van der Waals surface area contributed by atoms with E-state index in [0.29, 0.717) is 25.3 Å². The first kappa shape index (κ1) is 27.8. The number of sulfone groups is 1. The first-order chi connectivity index (χ1) is 17.4. The van der Waals surface area contributed by atoms with Crippen molar-refractivity contribution in [3.05, 3.63) is 67.0 Å². The summed E-state index contributed by atoms with van der Waals surface area (Å²) >= 11 is 0. The van der Waals surface area contributed by atoms with Gasteiger partial charge in [0.05, 0.1) is 4.90 Å². The maximum Gasteiger partial charge on any atom is 0.319 e. The van der Waals surface area contributed by atoms with Crippen molar-refractivity contribution in [2.75, 3.05) is 57.7 Å². The van der Waals surface area contributed by atoms with Gasteiger partial charge in [0.15, 0.2) is 9.84 Å². The Morgan fingerprint density at radius 2 is 1.83 bits per heavy atom. The van der Waals surface area contributed by atoms with Gasteiger partial charge in [0, 0.05) is 63.9 Å². The maximum atomic E-state index is 13.4. The van der Waals surface area contributed by atoms with Gasteiger partial charge < -0.3 is 15.5 Å². The van der Waals surface area contributed by atoms with Crippen LogP contribution < -0.4 is 10.6 Å². The molecule has 0 radical (unpaired) electrons. The Balaban J connectivity index is 1.54. The molecule has 1 aromatic heterocycles. The number of piperazine rings is 1. The van der Waals surface area contributed by atoms with Gasteiger partial charge in [-0.3, -0.25) is 14.8 Å². The van der Waals surface area contributed by atoms with Crippen LogP contribution in [-0.2, 0) is 16.4 Å². The molecule has 1 fully saturated rings. The predicted octanol–water partition coefficient (Wildman–Crippen LogP) is 2.65. The van der Waals surface area contributed by atoms with Crippen LogP contribution in [0.4, 0.5) is 10.5 Å². The molecule has 2 N–H and O–H groups in total. The number of likely N-dealkylation sites (N-methyl/N-ethyl adjacent to an activating group) is 1. The van der Waals surface area contributed by atoms with E-state index in [1.807, 2.05) is 11.0 Å². The van der Waals surface area contributed by atoms with Crippen LogP contribution in [0.2, 0.25) is 0 Å². The van der Waals surface area contributed by atoms with E-state index in [4.69, 9.17) is 0 Å². The van der Waals surface area contributed by atoms with Gasteiger partial charge in [0.1, 0.15) is 5.37 Å². The zero-order valence-electron chi connectivity index (χ0n) is 21.3. The first-order valence-corrected chi connectivity index (χ1v) is 14.0. The smallest absolute Gasteiger partial charge is 0.319 e. The van der Waals surface area contributed by atoms with Crippen LogP contribution in [0, 0.1) is 0 Å². The molecule has 0 spiro atoms. The van der Waals surface area contributed by atoms with Crippen molar-refractivity contribution in [3.8, 4) is 0 Å². The zero-order chi connectivity index (χ0) is 26.0. The molecule has 9 nitrogen and oxygen atoms in total. The average molecular weight is 515 g/mol. The largest absolute Gasteiger partial charge is 0.334 e. The number of amides is 2. The highest BCUT2D eigenvalue weighted by atomic mass is 32.2. The van der Waals surface area contributed by atoms with Crippen LogP contribution in [-0.4, -0.2) is 91.9 Å². The van der Waals surface area contributed by atoms with Gasteiger partial charge in [-0.25, -0.2) is 13.2 Å². The van der Waals surface area contributed by atoms with E-state index >= 15 is 0 Å². The molecule has 1 aromatic carbocycles. The maximum absolute atomic E-state index is 13.4. The van der Waals surface area contributed by atoms with Crippen LogP contribution in [0.15, 0.2) is 66.3 Å². The molecule has 0 bridgehead atoms. The van der Waals surface area contributed by atoms with Gasteiger partial charge in [-0.2, -0.15) is 0 Å². The average Bonchev–Trinajstić information content (AvgIpc) is 2.90. The zero-order valence-corrected chi connectivity index (χ0v) is 22.1. The summed E-state index contributed by atoms with van der Waals surface area (Å²) < 4.78 is 26.8. The number of aromatic nitrogens is 1. The highest BCUT2D eigenvalue weighted by Gasteiger charge is 2.32. The van der Waals surface area contributed by atoms with Crippen LogP contribution in [0.1, 0.15) is 19.4 Å². The summed E-state index contributed by atoms with van der Waals surface area (Å²) in [6, 6.07) is 9.56. The molecule has 2 amide bonds. The number of carbonyl (C=O) groups is 1. The second kappa shape index (κ2) is 13.5.